The summed E-state index contributed by atoms with van der Waals surface area (Å²) in [6, 6.07) is 14.5. The minimum absolute atomic E-state index is 0.205. The number of nitrogens with zero attached hydrogens (tertiary/aromatic N) is 2. The molecule has 1 aliphatic heterocycles. The van der Waals surface area contributed by atoms with E-state index < -0.39 is 0 Å². The number of hydrogen-bond acceptors (Lipinski definition) is 2. The van der Waals surface area contributed by atoms with Crippen LogP contribution in [-0.4, -0.2) is 48.4 Å². The highest BCUT2D eigenvalue weighted by Gasteiger charge is 2.37. The number of carbonyl (C=O) groups is 1. The first kappa shape index (κ1) is 17.9. The molecule has 1 saturated heterocycles. The van der Waals surface area contributed by atoms with Crippen LogP contribution < -0.4 is 0 Å². The van der Waals surface area contributed by atoms with Gasteiger partial charge >= 0.3 is 0 Å². The average Bonchev–Trinajstić information content (AvgIpc) is 3.48. The van der Waals surface area contributed by atoms with Crippen LogP contribution in [0, 0.1) is 17.8 Å². The molecule has 5 rings (SSSR count). The van der Waals surface area contributed by atoms with E-state index >= 15 is 0 Å². The molecule has 146 valence electrons. The van der Waals surface area contributed by atoms with Gasteiger partial charge in [0.25, 0.3) is 5.91 Å². The van der Waals surface area contributed by atoms with E-state index in [1.54, 1.807) is 0 Å². The first-order valence-electron chi connectivity index (χ1n) is 10.9. The molecule has 0 spiro atoms. The molecule has 0 N–H and O–H groups in total. The Morgan fingerprint density at radius 3 is 2.57 bits per heavy atom. The summed E-state index contributed by atoms with van der Waals surface area (Å²) >= 11 is 0. The predicted molar refractivity (Wildman–Crippen MR) is 114 cm³/mol. The van der Waals surface area contributed by atoms with Crippen LogP contribution in [0.5, 0.6) is 0 Å². The zero-order valence-corrected chi connectivity index (χ0v) is 16.6. The number of allylic oxidation sites excluding steroid dienone is 2. The van der Waals surface area contributed by atoms with E-state index in [1.165, 1.54) is 44.2 Å². The van der Waals surface area contributed by atoms with Gasteiger partial charge < -0.3 is 9.80 Å². The van der Waals surface area contributed by atoms with Crippen LogP contribution in [-0.2, 0) is 0 Å². The minimum Gasteiger partial charge on any atom is -0.337 e. The van der Waals surface area contributed by atoms with Crippen molar-refractivity contribution in [3.63, 3.8) is 0 Å². The number of rotatable bonds is 6. The van der Waals surface area contributed by atoms with Crippen molar-refractivity contribution in [2.45, 2.75) is 25.7 Å². The maximum Gasteiger partial charge on any atom is 0.253 e. The molecule has 2 bridgehead atoms. The van der Waals surface area contributed by atoms with Gasteiger partial charge in [-0.05, 0) is 79.4 Å². The molecule has 3 aliphatic rings. The second-order valence-electron chi connectivity index (χ2n) is 8.90. The van der Waals surface area contributed by atoms with Gasteiger partial charge in [0.15, 0.2) is 0 Å². The molecule has 3 heteroatoms. The molecule has 28 heavy (non-hydrogen) atoms. The zero-order chi connectivity index (χ0) is 18.9. The standard InChI is InChI=1S/C25H30N2O/c28-25(23-10-9-20-5-1-2-6-21(20)17-23)27(14-13-26-11-3-4-12-26)18-24-16-19-7-8-22(24)15-19/h1-2,5-10,17,19,22,24H,3-4,11-16,18H2. The van der Waals surface area contributed by atoms with Gasteiger partial charge in [-0.15, -0.1) is 0 Å². The second-order valence-corrected chi connectivity index (χ2v) is 8.90. The minimum atomic E-state index is 0.205. The average molecular weight is 375 g/mol. The lowest BCUT2D eigenvalue weighted by molar-refractivity contribution is 0.0702. The Morgan fingerprint density at radius 2 is 1.82 bits per heavy atom. The quantitative estimate of drug-likeness (QED) is 0.691. The number of hydrogen-bond donors (Lipinski definition) is 0. The SMILES string of the molecule is O=C(c1ccc2ccccc2c1)N(CCN1CCCC1)CC1CC2C=CC1C2. The number of carbonyl (C=O) groups excluding carboxylic acids is 1. The third kappa shape index (κ3) is 3.60. The lowest BCUT2D eigenvalue weighted by atomic mass is 9.93. The van der Waals surface area contributed by atoms with Crippen LogP contribution in [0.3, 0.4) is 0 Å². The molecule has 2 fully saturated rings. The molecule has 3 atom stereocenters. The van der Waals surface area contributed by atoms with Gasteiger partial charge in [-0.25, -0.2) is 0 Å². The van der Waals surface area contributed by atoms with Gasteiger partial charge in [-0.3, -0.25) is 4.79 Å². The highest BCUT2D eigenvalue weighted by atomic mass is 16.2. The van der Waals surface area contributed by atoms with E-state index in [0.717, 1.165) is 36.5 Å². The van der Waals surface area contributed by atoms with Crippen molar-refractivity contribution >= 4 is 16.7 Å². The van der Waals surface area contributed by atoms with Crippen LogP contribution in [0.1, 0.15) is 36.0 Å². The van der Waals surface area contributed by atoms with Gasteiger partial charge in [0.2, 0.25) is 0 Å². The topological polar surface area (TPSA) is 23.6 Å². The number of fused-ring (bicyclic) bond motifs is 3. The van der Waals surface area contributed by atoms with Crippen molar-refractivity contribution in [2.24, 2.45) is 17.8 Å². The van der Waals surface area contributed by atoms with Crippen molar-refractivity contribution in [1.29, 1.82) is 0 Å². The Bertz CT molecular complexity index is 883. The molecule has 0 radical (unpaired) electrons. The Labute approximate surface area is 168 Å². The number of amides is 1. The normalized spacial score (nSPS) is 26.4. The van der Waals surface area contributed by atoms with Crippen molar-refractivity contribution in [1.82, 2.24) is 9.80 Å². The molecule has 2 aliphatic carbocycles. The summed E-state index contributed by atoms with van der Waals surface area (Å²) in [4.78, 5) is 18.1. The number of likely N-dealkylation sites (tertiary alicyclic amines) is 1. The van der Waals surface area contributed by atoms with Gasteiger partial charge in [0, 0.05) is 25.2 Å². The Hall–Kier alpha value is -2.13. The third-order valence-electron chi connectivity index (χ3n) is 7.04. The summed E-state index contributed by atoms with van der Waals surface area (Å²) in [5, 5.41) is 2.34. The Balaban J connectivity index is 1.35. The fraction of sp³-hybridized carbons (Fsp3) is 0.480. The molecule has 1 amide bonds. The third-order valence-corrected chi connectivity index (χ3v) is 7.04. The molecule has 0 aromatic heterocycles. The highest BCUT2D eigenvalue weighted by molar-refractivity contribution is 5.98. The summed E-state index contributed by atoms with van der Waals surface area (Å²) in [7, 11) is 0. The summed E-state index contributed by atoms with van der Waals surface area (Å²) < 4.78 is 0. The van der Waals surface area contributed by atoms with E-state index in [1.807, 2.05) is 12.1 Å². The lowest BCUT2D eigenvalue weighted by Gasteiger charge is -2.30. The summed E-state index contributed by atoms with van der Waals surface area (Å²) in [6.07, 6.45) is 9.95. The predicted octanol–water partition coefficient (Wildman–Crippen LogP) is 4.59. The second kappa shape index (κ2) is 7.71. The fourth-order valence-corrected chi connectivity index (χ4v) is 5.44. The zero-order valence-electron chi connectivity index (χ0n) is 16.6. The molecule has 2 aromatic carbocycles. The monoisotopic (exact) mass is 374 g/mol. The Morgan fingerprint density at radius 1 is 1.00 bits per heavy atom. The molecule has 2 aromatic rings. The van der Waals surface area contributed by atoms with E-state index in [0.29, 0.717) is 11.8 Å². The van der Waals surface area contributed by atoms with Crippen LogP contribution in [0.15, 0.2) is 54.6 Å². The van der Waals surface area contributed by atoms with E-state index in [9.17, 15) is 4.79 Å². The first-order chi connectivity index (χ1) is 13.8. The van der Waals surface area contributed by atoms with Crippen LogP contribution in [0.4, 0.5) is 0 Å². The summed E-state index contributed by atoms with van der Waals surface area (Å²) in [5.41, 5.74) is 0.832. The van der Waals surface area contributed by atoms with Crippen molar-refractivity contribution in [3.05, 3.63) is 60.2 Å². The van der Waals surface area contributed by atoms with Crippen LogP contribution >= 0.6 is 0 Å². The van der Waals surface area contributed by atoms with Crippen molar-refractivity contribution in [2.75, 3.05) is 32.7 Å². The maximum atomic E-state index is 13.5. The van der Waals surface area contributed by atoms with Gasteiger partial charge in [0.1, 0.15) is 0 Å². The largest absolute Gasteiger partial charge is 0.337 e. The number of benzene rings is 2. The molecule has 3 unspecified atom stereocenters. The maximum absolute atomic E-state index is 13.5. The summed E-state index contributed by atoms with van der Waals surface area (Å²) in [5.74, 6) is 2.28. The molecule has 1 saturated carbocycles. The molecular formula is C25H30N2O. The first-order valence-corrected chi connectivity index (χ1v) is 10.9. The van der Waals surface area contributed by atoms with Crippen LogP contribution in [0.2, 0.25) is 0 Å². The van der Waals surface area contributed by atoms with E-state index in [2.05, 4.69) is 52.3 Å². The van der Waals surface area contributed by atoms with E-state index in [4.69, 9.17) is 0 Å². The van der Waals surface area contributed by atoms with E-state index in [-0.39, 0.29) is 5.91 Å². The molecule has 3 nitrogen and oxygen atoms in total. The van der Waals surface area contributed by atoms with Crippen molar-refractivity contribution in [3.8, 4) is 0 Å². The van der Waals surface area contributed by atoms with Gasteiger partial charge in [-0.2, -0.15) is 0 Å². The molecular weight excluding hydrogens is 344 g/mol. The van der Waals surface area contributed by atoms with Gasteiger partial charge in [0.05, 0.1) is 0 Å². The Kier molecular flexibility index (Phi) is 4.94. The van der Waals surface area contributed by atoms with Crippen molar-refractivity contribution < 1.29 is 4.79 Å². The lowest BCUT2D eigenvalue weighted by Crippen LogP contribution is -2.41. The van der Waals surface area contributed by atoms with Crippen LogP contribution in [0.25, 0.3) is 10.8 Å². The smallest absolute Gasteiger partial charge is 0.253 e. The summed E-state index contributed by atoms with van der Waals surface area (Å²) in [6.45, 7) is 5.15. The molecule has 1 heterocycles. The highest BCUT2D eigenvalue weighted by Crippen LogP contribution is 2.43. The van der Waals surface area contributed by atoms with Gasteiger partial charge in [-0.1, -0.05) is 42.5 Å². The fourth-order valence-electron chi connectivity index (χ4n) is 5.44.